The minimum Gasteiger partial charge on any atom is -0.423 e. The van der Waals surface area contributed by atoms with Crippen LogP contribution >= 0.6 is 23.2 Å². The van der Waals surface area contributed by atoms with Gasteiger partial charge in [-0.1, -0.05) is 40.9 Å². The molecule has 0 aliphatic carbocycles. The molecule has 0 spiro atoms. The number of hydrogen-bond acceptors (Lipinski definition) is 5. The smallest absolute Gasteiger partial charge is 0.343 e. The number of rotatable bonds is 5. The Morgan fingerprint density at radius 3 is 2.22 bits per heavy atom. The minimum absolute atomic E-state index is 0.246. The van der Waals surface area contributed by atoms with Crippen LogP contribution in [-0.2, 0) is 9.59 Å². The van der Waals surface area contributed by atoms with Gasteiger partial charge in [0, 0.05) is 5.69 Å². The molecule has 0 aliphatic heterocycles. The van der Waals surface area contributed by atoms with Gasteiger partial charge in [-0.15, -0.1) is 0 Å². The first-order chi connectivity index (χ1) is 15.3. The van der Waals surface area contributed by atoms with Crippen molar-refractivity contribution in [1.82, 2.24) is 5.43 Å². The lowest BCUT2D eigenvalue weighted by Crippen LogP contribution is -2.32. The Balaban J connectivity index is 1.51. The third-order valence-electron chi connectivity index (χ3n) is 4.14. The summed E-state index contributed by atoms with van der Waals surface area (Å²) in [4.78, 5) is 35.9. The third kappa shape index (κ3) is 6.41. The van der Waals surface area contributed by atoms with Gasteiger partial charge in [-0.2, -0.15) is 5.10 Å². The molecule has 0 saturated carbocycles. The number of carbonyl (C=O) groups is 3. The molecule has 32 heavy (non-hydrogen) atoms. The Labute approximate surface area is 194 Å². The zero-order chi connectivity index (χ0) is 23.1. The van der Waals surface area contributed by atoms with Gasteiger partial charge < -0.3 is 10.1 Å². The van der Waals surface area contributed by atoms with Gasteiger partial charge in [0.2, 0.25) is 0 Å². The summed E-state index contributed by atoms with van der Waals surface area (Å²) >= 11 is 11.7. The molecule has 7 nitrogen and oxygen atoms in total. The van der Waals surface area contributed by atoms with Gasteiger partial charge in [-0.3, -0.25) is 9.59 Å². The number of carbonyl (C=O) groups excluding carboxylic acids is 3. The average Bonchev–Trinajstić information content (AvgIpc) is 2.77. The van der Waals surface area contributed by atoms with Gasteiger partial charge in [0.25, 0.3) is 0 Å². The van der Waals surface area contributed by atoms with E-state index in [9.17, 15) is 14.4 Å². The van der Waals surface area contributed by atoms with E-state index in [1.165, 1.54) is 24.4 Å². The molecule has 0 bridgehead atoms. The van der Waals surface area contributed by atoms with E-state index in [2.05, 4.69) is 15.8 Å². The van der Waals surface area contributed by atoms with Crippen LogP contribution in [0.25, 0.3) is 0 Å². The lowest BCUT2D eigenvalue weighted by atomic mass is 10.1. The van der Waals surface area contributed by atoms with Crippen LogP contribution in [0.2, 0.25) is 10.0 Å². The molecule has 162 valence electrons. The Bertz CT molecular complexity index is 1180. The molecule has 0 aromatic heterocycles. The fourth-order valence-electron chi connectivity index (χ4n) is 2.46. The van der Waals surface area contributed by atoms with Crippen LogP contribution < -0.4 is 15.5 Å². The molecule has 0 heterocycles. The van der Waals surface area contributed by atoms with Crippen LogP contribution in [0, 0.1) is 6.92 Å². The fraction of sp³-hybridized carbons (Fsp3) is 0.0435. The number of aryl methyl sites for hydroxylation is 1. The Hall–Kier alpha value is -3.68. The van der Waals surface area contributed by atoms with E-state index in [0.717, 1.165) is 5.56 Å². The van der Waals surface area contributed by atoms with Crippen molar-refractivity contribution in [3.05, 3.63) is 93.5 Å². The maximum atomic E-state index is 12.1. The van der Waals surface area contributed by atoms with Crippen LogP contribution in [0.4, 0.5) is 5.69 Å². The van der Waals surface area contributed by atoms with Gasteiger partial charge in [-0.25, -0.2) is 10.2 Å². The normalized spacial score (nSPS) is 10.6. The van der Waals surface area contributed by atoms with Gasteiger partial charge in [0.05, 0.1) is 21.8 Å². The second-order valence-corrected chi connectivity index (χ2v) is 7.42. The average molecular weight is 470 g/mol. The monoisotopic (exact) mass is 469 g/mol. The quantitative estimate of drug-likeness (QED) is 0.187. The summed E-state index contributed by atoms with van der Waals surface area (Å²) in [5.74, 6) is -1.99. The van der Waals surface area contributed by atoms with Crippen LogP contribution in [-0.4, -0.2) is 24.0 Å². The summed E-state index contributed by atoms with van der Waals surface area (Å²) in [7, 11) is 0. The lowest BCUT2D eigenvalue weighted by Gasteiger charge is -2.05. The zero-order valence-electron chi connectivity index (χ0n) is 16.8. The van der Waals surface area contributed by atoms with Crippen molar-refractivity contribution < 1.29 is 19.1 Å². The first-order valence-corrected chi connectivity index (χ1v) is 10.1. The second-order valence-electron chi connectivity index (χ2n) is 6.61. The first kappa shape index (κ1) is 23.0. The van der Waals surface area contributed by atoms with Crippen LogP contribution in [0.5, 0.6) is 5.75 Å². The first-order valence-electron chi connectivity index (χ1n) is 9.30. The molecule has 0 aliphatic rings. The molecule has 2 amide bonds. The van der Waals surface area contributed by atoms with Gasteiger partial charge >= 0.3 is 17.8 Å². The van der Waals surface area contributed by atoms with E-state index in [1.54, 1.807) is 36.4 Å². The molecule has 0 atom stereocenters. The number of anilines is 1. The van der Waals surface area contributed by atoms with Crippen LogP contribution in [0.15, 0.2) is 71.8 Å². The van der Waals surface area contributed by atoms with Crippen molar-refractivity contribution in [2.45, 2.75) is 6.92 Å². The topological polar surface area (TPSA) is 96.9 Å². The molecular weight excluding hydrogens is 453 g/mol. The summed E-state index contributed by atoms with van der Waals surface area (Å²) in [6.07, 6.45) is 1.34. The summed E-state index contributed by atoms with van der Waals surface area (Å²) < 4.78 is 5.32. The fourth-order valence-corrected chi connectivity index (χ4v) is 2.75. The number of hydrazone groups is 1. The Kier molecular flexibility index (Phi) is 7.59. The summed E-state index contributed by atoms with van der Waals surface area (Å²) in [5, 5.41) is 6.70. The number of benzene rings is 3. The van der Waals surface area contributed by atoms with E-state index in [1.807, 2.05) is 19.1 Å². The highest BCUT2D eigenvalue weighted by molar-refractivity contribution is 6.43. The molecule has 2 N–H and O–H groups in total. The molecule has 0 saturated heterocycles. The largest absolute Gasteiger partial charge is 0.423 e. The third-order valence-corrected chi connectivity index (χ3v) is 4.88. The van der Waals surface area contributed by atoms with Gasteiger partial charge in [-0.05, 0) is 67.1 Å². The predicted octanol–water partition coefficient (Wildman–Crippen LogP) is 4.61. The SMILES string of the molecule is Cc1ccc(C(=O)Oc2ccc(/C=N/NC(=O)C(=O)Nc3ccc(Cl)c(Cl)c3)cc2)cc1. The highest BCUT2D eigenvalue weighted by Crippen LogP contribution is 2.24. The number of hydrogen-bond donors (Lipinski definition) is 2. The van der Waals surface area contributed by atoms with Crippen LogP contribution in [0.3, 0.4) is 0 Å². The predicted molar refractivity (Wildman–Crippen MR) is 123 cm³/mol. The van der Waals surface area contributed by atoms with Crippen molar-refractivity contribution in [3.8, 4) is 5.75 Å². The molecule has 0 fully saturated rings. The van der Waals surface area contributed by atoms with E-state index < -0.39 is 17.8 Å². The highest BCUT2D eigenvalue weighted by atomic mass is 35.5. The minimum atomic E-state index is -0.962. The van der Waals surface area contributed by atoms with Crippen molar-refractivity contribution in [2.75, 3.05) is 5.32 Å². The molecular formula is C23H17Cl2N3O4. The highest BCUT2D eigenvalue weighted by Gasteiger charge is 2.13. The van der Waals surface area contributed by atoms with Crippen molar-refractivity contribution in [1.29, 1.82) is 0 Å². The zero-order valence-corrected chi connectivity index (χ0v) is 18.3. The van der Waals surface area contributed by atoms with Crippen LogP contribution in [0.1, 0.15) is 21.5 Å². The van der Waals surface area contributed by atoms with Crippen molar-refractivity contribution in [2.24, 2.45) is 5.10 Å². The maximum Gasteiger partial charge on any atom is 0.343 e. The van der Waals surface area contributed by atoms with E-state index in [-0.39, 0.29) is 5.02 Å². The summed E-state index contributed by atoms with van der Waals surface area (Å²) in [6, 6.07) is 17.9. The molecule has 0 radical (unpaired) electrons. The van der Waals surface area contributed by atoms with E-state index in [4.69, 9.17) is 27.9 Å². The molecule has 3 rings (SSSR count). The number of nitrogens with one attached hydrogen (secondary N) is 2. The van der Waals surface area contributed by atoms with Gasteiger partial charge in [0.15, 0.2) is 0 Å². The maximum absolute atomic E-state index is 12.1. The molecule has 9 heteroatoms. The molecule has 3 aromatic carbocycles. The second kappa shape index (κ2) is 10.6. The standard InChI is InChI=1S/C23H17Cl2N3O4/c1-14-2-6-16(7-3-14)23(31)32-18-9-4-15(5-10-18)13-26-28-22(30)21(29)27-17-8-11-19(24)20(25)12-17/h2-13H,1H3,(H,27,29)(H,28,30)/b26-13+. The van der Waals surface area contributed by atoms with Crippen molar-refractivity contribution in [3.63, 3.8) is 0 Å². The van der Waals surface area contributed by atoms with E-state index in [0.29, 0.717) is 27.6 Å². The number of halogens is 2. The Morgan fingerprint density at radius 1 is 0.875 bits per heavy atom. The number of ether oxygens (including phenoxy) is 1. The summed E-state index contributed by atoms with van der Waals surface area (Å²) in [6.45, 7) is 1.93. The van der Waals surface area contributed by atoms with Crippen molar-refractivity contribution >= 4 is 52.9 Å². The number of nitrogens with zero attached hydrogens (tertiary/aromatic N) is 1. The molecule has 0 unspecified atom stereocenters. The van der Waals surface area contributed by atoms with Gasteiger partial charge in [0.1, 0.15) is 5.75 Å². The van der Waals surface area contributed by atoms with E-state index >= 15 is 0 Å². The number of amides is 2. The Morgan fingerprint density at radius 2 is 1.56 bits per heavy atom. The number of esters is 1. The lowest BCUT2D eigenvalue weighted by molar-refractivity contribution is -0.136. The molecule has 3 aromatic rings. The summed E-state index contributed by atoms with van der Waals surface area (Å²) in [5.41, 5.74) is 4.55.